The minimum absolute atomic E-state index is 0.685. The molecule has 106 valence electrons. The molecule has 2 aromatic rings. The molecule has 5 heteroatoms. The van der Waals surface area contributed by atoms with Gasteiger partial charge in [0.25, 0.3) is 0 Å². The van der Waals surface area contributed by atoms with Crippen LogP contribution in [-0.2, 0) is 6.42 Å². The Labute approximate surface area is 128 Å². The Morgan fingerprint density at radius 3 is 2.50 bits per heavy atom. The van der Waals surface area contributed by atoms with Crippen LogP contribution >= 0.6 is 15.9 Å². The quantitative estimate of drug-likeness (QED) is 0.853. The molecule has 2 aromatic heterocycles. The van der Waals surface area contributed by atoms with Crippen LogP contribution in [-0.4, -0.2) is 28.5 Å². The van der Waals surface area contributed by atoms with Crippen LogP contribution in [0.1, 0.15) is 23.4 Å². The molecule has 1 N–H and O–H groups in total. The Hall–Kier alpha value is -1.33. The van der Waals surface area contributed by atoms with Crippen LogP contribution in [0.15, 0.2) is 22.8 Å². The predicted octanol–water partition coefficient (Wildman–Crippen LogP) is 3.07. The molecule has 4 nitrogen and oxygen atoms in total. The highest BCUT2D eigenvalue weighted by molar-refractivity contribution is 9.10. The Morgan fingerprint density at radius 2 is 1.90 bits per heavy atom. The molecule has 0 fully saturated rings. The number of pyridine rings is 1. The van der Waals surface area contributed by atoms with E-state index in [-0.39, 0.29) is 0 Å². The number of aryl methyl sites for hydroxylation is 2. The molecule has 0 aromatic carbocycles. The molecule has 0 saturated carbocycles. The van der Waals surface area contributed by atoms with Crippen LogP contribution in [0.5, 0.6) is 0 Å². The van der Waals surface area contributed by atoms with Crippen LogP contribution in [0, 0.1) is 13.8 Å². The fourth-order valence-electron chi connectivity index (χ4n) is 2.20. The maximum atomic E-state index is 4.62. The minimum Gasteiger partial charge on any atom is -0.320 e. The number of nitrogens with zero attached hydrogens (tertiary/aromatic N) is 3. The zero-order valence-electron chi connectivity index (χ0n) is 12.1. The number of hydrogen-bond acceptors (Lipinski definition) is 4. The fraction of sp³-hybridized carbons (Fsp3) is 0.400. The van der Waals surface area contributed by atoms with Gasteiger partial charge in [-0.15, -0.1) is 0 Å². The third kappa shape index (κ3) is 3.41. The molecule has 0 radical (unpaired) electrons. The summed E-state index contributed by atoms with van der Waals surface area (Å²) in [6.07, 6.45) is 3.85. The highest BCUT2D eigenvalue weighted by Crippen LogP contribution is 2.24. The summed E-state index contributed by atoms with van der Waals surface area (Å²) in [7, 11) is 1.97. The lowest BCUT2D eigenvalue weighted by Crippen LogP contribution is -2.10. The zero-order chi connectivity index (χ0) is 14.5. The lowest BCUT2D eigenvalue weighted by atomic mass is 10.1. The van der Waals surface area contributed by atoms with Crippen molar-refractivity contribution in [2.24, 2.45) is 0 Å². The fourth-order valence-corrected chi connectivity index (χ4v) is 2.63. The molecule has 2 rings (SSSR count). The van der Waals surface area contributed by atoms with Crippen molar-refractivity contribution >= 4 is 15.9 Å². The van der Waals surface area contributed by atoms with Crippen molar-refractivity contribution in [3.05, 3.63) is 39.8 Å². The van der Waals surface area contributed by atoms with E-state index in [0.717, 1.165) is 40.9 Å². The van der Waals surface area contributed by atoms with E-state index in [1.807, 2.05) is 33.0 Å². The predicted molar refractivity (Wildman–Crippen MR) is 84.7 cm³/mol. The summed E-state index contributed by atoms with van der Waals surface area (Å²) in [6.45, 7) is 5.10. The van der Waals surface area contributed by atoms with E-state index in [1.165, 1.54) is 5.56 Å². The number of rotatable bonds is 5. The van der Waals surface area contributed by atoms with Gasteiger partial charge in [-0.3, -0.25) is 4.98 Å². The SMILES string of the molecule is CNCCCc1c(C)nc(-c2ncccc2Br)nc1C. The lowest BCUT2D eigenvalue weighted by Gasteiger charge is -2.11. The second kappa shape index (κ2) is 6.90. The van der Waals surface area contributed by atoms with Crippen molar-refractivity contribution in [3.63, 3.8) is 0 Å². The first-order chi connectivity index (χ1) is 9.63. The number of aromatic nitrogens is 3. The molecule has 0 amide bonds. The van der Waals surface area contributed by atoms with Gasteiger partial charge in [0.15, 0.2) is 5.82 Å². The lowest BCUT2D eigenvalue weighted by molar-refractivity contribution is 0.715. The summed E-state index contributed by atoms with van der Waals surface area (Å²) < 4.78 is 0.918. The molecule has 0 aliphatic heterocycles. The topological polar surface area (TPSA) is 50.7 Å². The zero-order valence-corrected chi connectivity index (χ0v) is 13.7. The number of halogens is 1. The number of nitrogens with one attached hydrogen (secondary N) is 1. The summed E-state index contributed by atoms with van der Waals surface area (Å²) in [4.78, 5) is 13.6. The maximum Gasteiger partial charge on any atom is 0.179 e. The van der Waals surface area contributed by atoms with Gasteiger partial charge in [-0.25, -0.2) is 9.97 Å². The monoisotopic (exact) mass is 334 g/mol. The molecule has 0 atom stereocenters. The van der Waals surface area contributed by atoms with E-state index in [9.17, 15) is 0 Å². The summed E-state index contributed by atoms with van der Waals surface area (Å²) >= 11 is 3.50. The van der Waals surface area contributed by atoms with E-state index in [1.54, 1.807) is 6.20 Å². The molecule has 20 heavy (non-hydrogen) atoms. The van der Waals surface area contributed by atoms with Crippen LogP contribution in [0.3, 0.4) is 0 Å². The van der Waals surface area contributed by atoms with Gasteiger partial charge in [0.05, 0.1) is 0 Å². The van der Waals surface area contributed by atoms with Gasteiger partial charge in [-0.05, 0) is 73.9 Å². The molecule has 0 saturated heterocycles. The van der Waals surface area contributed by atoms with Gasteiger partial charge in [0.1, 0.15) is 5.69 Å². The second-order valence-corrected chi connectivity index (χ2v) is 5.59. The Bertz CT molecular complexity index is 575. The van der Waals surface area contributed by atoms with Crippen molar-refractivity contribution in [2.45, 2.75) is 26.7 Å². The van der Waals surface area contributed by atoms with Gasteiger partial charge in [-0.2, -0.15) is 0 Å². The maximum absolute atomic E-state index is 4.62. The average Bonchev–Trinajstić information content (AvgIpc) is 2.42. The van der Waals surface area contributed by atoms with Gasteiger partial charge < -0.3 is 5.32 Å². The Balaban J connectivity index is 2.33. The first-order valence-electron chi connectivity index (χ1n) is 6.73. The Morgan fingerprint density at radius 1 is 1.20 bits per heavy atom. The van der Waals surface area contributed by atoms with Gasteiger partial charge in [-0.1, -0.05) is 0 Å². The van der Waals surface area contributed by atoms with Crippen molar-refractivity contribution in [3.8, 4) is 11.5 Å². The third-order valence-electron chi connectivity index (χ3n) is 3.24. The molecule has 0 spiro atoms. The first kappa shape index (κ1) is 15.1. The van der Waals surface area contributed by atoms with Gasteiger partial charge >= 0.3 is 0 Å². The summed E-state index contributed by atoms with van der Waals surface area (Å²) in [5.74, 6) is 0.685. The van der Waals surface area contributed by atoms with Crippen molar-refractivity contribution in [1.29, 1.82) is 0 Å². The largest absolute Gasteiger partial charge is 0.320 e. The molecular formula is C15H19BrN4. The molecular weight excluding hydrogens is 316 g/mol. The van der Waals surface area contributed by atoms with E-state index >= 15 is 0 Å². The van der Waals surface area contributed by atoms with Crippen LogP contribution in [0.25, 0.3) is 11.5 Å². The van der Waals surface area contributed by atoms with Crippen LogP contribution in [0.2, 0.25) is 0 Å². The molecule has 0 bridgehead atoms. The standard InChI is InChI=1S/C15H19BrN4/c1-10-12(6-4-8-17-3)11(2)20-15(19-10)14-13(16)7-5-9-18-14/h5,7,9,17H,4,6,8H2,1-3H3. The van der Waals surface area contributed by atoms with Crippen LogP contribution < -0.4 is 5.32 Å². The van der Waals surface area contributed by atoms with Crippen LogP contribution in [0.4, 0.5) is 0 Å². The van der Waals surface area contributed by atoms with E-state index < -0.39 is 0 Å². The minimum atomic E-state index is 0.685. The van der Waals surface area contributed by atoms with E-state index in [0.29, 0.717) is 5.82 Å². The number of hydrogen-bond donors (Lipinski definition) is 1. The van der Waals surface area contributed by atoms with Crippen molar-refractivity contribution < 1.29 is 0 Å². The second-order valence-electron chi connectivity index (χ2n) is 4.74. The van der Waals surface area contributed by atoms with E-state index in [4.69, 9.17) is 0 Å². The summed E-state index contributed by atoms with van der Waals surface area (Å²) in [5, 5.41) is 3.16. The smallest absolute Gasteiger partial charge is 0.179 e. The van der Waals surface area contributed by atoms with Crippen molar-refractivity contribution in [2.75, 3.05) is 13.6 Å². The van der Waals surface area contributed by atoms with E-state index in [2.05, 4.69) is 36.2 Å². The summed E-state index contributed by atoms with van der Waals surface area (Å²) in [5.41, 5.74) is 4.12. The Kier molecular flexibility index (Phi) is 5.20. The first-order valence-corrected chi connectivity index (χ1v) is 7.52. The molecule has 0 aliphatic rings. The van der Waals surface area contributed by atoms with Gasteiger partial charge in [0, 0.05) is 22.1 Å². The molecule has 2 heterocycles. The average molecular weight is 335 g/mol. The molecule has 0 aliphatic carbocycles. The van der Waals surface area contributed by atoms with Gasteiger partial charge in [0.2, 0.25) is 0 Å². The normalized spacial score (nSPS) is 10.8. The highest BCUT2D eigenvalue weighted by atomic mass is 79.9. The summed E-state index contributed by atoms with van der Waals surface area (Å²) in [6, 6.07) is 3.84. The third-order valence-corrected chi connectivity index (χ3v) is 3.88. The molecule has 0 unspecified atom stereocenters. The highest BCUT2D eigenvalue weighted by Gasteiger charge is 2.12. The van der Waals surface area contributed by atoms with Crippen molar-refractivity contribution in [1.82, 2.24) is 20.3 Å².